The molecule has 2 amide bonds. The maximum Gasteiger partial charge on any atom is 0.305 e. The molecule has 0 aliphatic carbocycles. The lowest BCUT2D eigenvalue weighted by molar-refractivity contribution is -0.146. The molecule has 0 radical (unpaired) electrons. The largest absolute Gasteiger partial charge is 0.469 e. The SMILES string of the molecule is COC(=O)CCCC(=O)N1CCC2(CCCN(CCc3ccccc3)C2=O)C1. The molecule has 0 bridgehead atoms. The van der Waals surface area contributed by atoms with Crippen LogP contribution in [0.4, 0.5) is 0 Å². The van der Waals surface area contributed by atoms with Crippen LogP contribution in [-0.4, -0.2) is 60.9 Å². The molecule has 1 atom stereocenters. The normalized spacial score (nSPS) is 22.0. The minimum Gasteiger partial charge on any atom is -0.469 e. The molecule has 28 heavy (non-hydrogen) atoms. The van der Waals surface area contributed by atoms with E-state index in [2.05, 4.69) is 16.9 Å². The van der Waals surface area contributed by atoms with E-state index in [0.717, 1.165) is 38.8 Å². The molecule has 0 saturated carbocycles. The summed E-state index contributed by atoms with van der Waals surface area (Å²) in [6.45, 7) is 2.69. The number of methoxy groups -OCH3 is 1. The van der Waals surface area contributed by atoms with Gasteiger partial charge in [-0.15, -0.1) is 0 Å². The summed E-state index contributed by atoms with van der Waals surface area (Å²) < 4.78 is 4.61. The minimum absolute atomic E-state index is 0.0370. The molecule has 1 aromatic rings. The van der Waals surface area contributed by atoms with E-state index in [0.29, 0.717) is 25.9 Å². The summed E-state index contributed by atoms with van der Waals surface area (Å²) in [5, 5.41) is 0. The van der Waals surface area contributed by atoms with Gasteiger partial charge in [-0.2, -0.15) is 0 Å². The number of piperidine rings is 1. The molecule has 1 aromatic carbocycles. The molecule has 0 N–H and O–H groups in total. The molecule has 0 aromatic heterocycles. The second kappa shape index (κ2) is 9.22. The Labute approximate surface area is 166 Å². The van der Waals surface area contributed by atoms with Crippen molar-refractivity contribution < 1.29 is 19.1 Å². The third-order valence-electron chi connectivity index (χ3n) is 6.04. The quantitative estimate of drug-likeness (QED) is 0.675. The highest BCUT2D eigenvalue weighted by Gasteiger charge is 2.49. The van der Waals surface area contributed by atoms with Crippen LogP contribution in [0.15, 0.2) is 30.3 Å². The number of likely N-dealkylation sites (tertiary alicyclic amines) is 2. The van der Waals surface area contributed by atoms with Gasteiger partial charge in [-0.05, 0) is 37.7 Å². The number of amides is 2. The van der Waals surface area contributed by atoms with Crippen LogP contribution in [0.2, 0.25) is 0 Å². The lowest BCUT2D eigenvalue weighted by atomic mass is 9.78. The Morgan fingerprint density at radius 1 is 1.11 bits per heavy atom. The Kier molecular flexibility index (Phi) is 6.70. The highest BCUT2D eigenvalue weighted by atomic mass is 16.5. The van der Waals surface area contributed by atoms with E-state index in [-0.39, 0.29) is 24.2 Å². The molecule has 2 aliphatic heterocycles. The Bertz CT molecular complexity index is 706. The summed E-state index contributed by atoms with van der Waals surface area (Å²) in [7, 11) is 1.35. The zero-order chi connectivity index (χ0) is 20.0. The monoisotopic (exact) mass is 386 g/mol. The number of rotatable bonds is 7. The summed E-state index contributed by atoms with van der Waals surface area (Å²) in [5.74, 6) is -0.0447. The molecule has 2 aliphatic rings. The maximum atomic E-state index is 13.2. The predicted molar refractivity (Wildman–Crippen MR) is 105 cm³/mol. The molecule has 2 heterocycles. The van der Waals surface area contributed by atoms with Crippen molar-refractivity contribution in [2.45, 2.75) is 44.9 Å². The van der Waals surface area contributed by atoms with Gasteiger partial charge in [-0.25, -0.2) is 0 Å². The zero-order valence-corrected chi connectivity index (χ0v) is 16.7. The van der Waals surface area contributed by atoms with Crippen molar-refractivity contribution in [1.82, 2.24) is 9.80 Å². The minimum atomic E-state index is -0.410. The van der Waals surface area contributed by atoms with Crippen molar-refractivity contribution in [3.63, 3.8) is 0 Å². The van der Waals surface area contributed by atoms with Gasteiger partial charge >= 0.3 is 5.97 Å². The number of ether oxygens (including phenoxy) is 1. The van der Waals surface area contributed by atoms with E-state index in [1.54, 1.807) is 0 Å². The fourth-order valence-corrected chi connectivity index (χ4v) is 4.38. The molecule has 1 unspecified atom stereocenters. The fourth-order valence-electron chi connectivity index (χ4n) is 4.38. The van der Waals surface area contributed by atoms with Gasteiger partial charge in [-0.3, -0.25) is 14.4 Å². The van der Waals surface area contributed by atoms with Crippen LogP contribution in [-0.2, 0) is 25.5 Å². The van der Waals surface area contributed by atoms with Crippen LogP contribution >= 0.6 is 0 Å². The third kappa shape index (κ3) is 4.72. The molecular weight excluding hydrogens is 356 g/mol. The number of carbonyl (C=O) groups excluding carboxylic acids is 3. The van der Waals surface area contributed by atoms with Gasteiger partial charge in [-0.1, -0.05) is 30.3 Å². The first-order valence-corrected chi connectivity index (χ1v) is 10.2. The van der Waals surface area contributed by atoms with Gasteiger partial charge in [0.05, 0.1) is 12.5 Å². The topological polar surface area (TPSA) is 66.9 Å². The number of benzene rings is 1. The second-order valence-corrected chi connectivity index (χ2v) is 7.91. The van der Waals surface area contributed by atoms with Crippen molar-refractivity contribution in [2.24, 2.45) is 5.41 Å². The average Bonchev–Trinajstić information content (AvgIpc) is 3.15. The number of esters is 1. The van der Waals surface area contributed by atoms with Crippen LogP contribution < -0.4 is 0 Å². The summed E-state index contributed by atoms with van der Waals surface area (Å²) in [4.78, 5) is 40.7. The van der Waals surface area contributed by atoms with Crippen molar-refractivity contribution in [2.75, 3.05) is 33.3 Å². The Balaban J connectivity index is 1.53. The highest BCUT2D eigenvalue weighted by molar-refractivity contribution is 5.86. The number of hydrogen-bond donors (Lipinski definition) is 0. The highest BCUT2D eigenvalue weighted by Crippen LogP contribution is 2.40. The van der Waals surface area contributed by atoms with E-state index in [9.17, 15) is 14.4 Å². The van der Waals surface area contributed by atoms with Crippen LogP contribution in [0.1, 0.15) is 44.1 Å². The van der Waals surface area contributed by atoms with Crippen molar-refractivity contribution >= 4 is 17.8 Å². The molecule has 1 spiro atoms. The second-order valence-electron chi connectivity index (χ2n) is 7.91. The third-order valence-corrected chi connectivity index (χ3v) is 6.04. The zero-order valence-electron chi connectivity index (χ0n) is 16.7. The lowest BCUT2D eigenvalue weighted by Crippen LogP contribution is -2.50. The summed E-state index contributed by atoms with van der Waals surface area (Å²) in [6, 6.07) is 10.2. The number of carbonyl (C=O) groups is 3. The number of nitrogens with zero attached hydrogens (tertiary/aromatic N) is 2. The molecule has 2 saturated heterocycles. The van der Waals surface area contributed by atoms with Crippen LogP contribution in [0.3, 0.4) is 0 Å². The standard InChI is InChI=1S/C22H30N2O4/c1-28-20(26)10-5-9-19(25)24-16-13-22(17-24)12-6-14-23(21(22)27)15-11-18-7-3-2-4-8-18/h2-4,7-8H,5-6,9-17H2,1H3. The van der Waals surface area contributed by atoms with E-state index in [1.807, 2.05) is 28.0 Å². The van der Waals surface area contributed by atoms with Gasteiger partial charge in [0.2, 0.25) is 11.8 Å². The van der Waals surface area contributed by atoms with Crippen molar-refractivity contribution in [3.8, 4) is 0 Å². The van der Waals surface area contributed by atoms with Crippen LogP contribution in [0.5, 0.6) is 0 Å². The fraction of sp³-hybridized carbons (Fsp3) is 0.591. The summed E-state index contributed by atoms with van der Waals surface area (Å²) >= 11 is 0. The molecule has 152 valence electrons. The van der Waals surface area contributed by atoms with Gasteiger partial charge < -0.3 is 14.5 Å². The first kappa shape index (κ1) is 20.4. The number of hydrogen-bond acceptors (Lipinski definition) is 4. The predicted octanol–water partition coefficient (Wildman–Crippen LogP) is 2.41. The maximum absolute atomic E-state index is 13.2. The van der Waals surface area contributed by atoms with Crippen LogP contribution in [0, 0.1) is 5.41 Å². The summed E-state index contributed by atoms with van der Waals surface area (Å²) in [6.07, 6.45) is 4.54. The first-order chi connectivity index (χ1) is 13.5. The Hall–Kier alpha value is -2.37. The molecular formula is C22H30N2O4. The summed E-state index contributed by atoms with van der Waals surface area (Å²) in [5.41, 5.74) is 0.830. The van der Waals surface area contributed by atoms with E-state index in [1.165, 1.54) is 12.7 Å². The van der Waals surface area contributed by atoms with Crippen molar-refractivity contribution in [3.05, 3.63) is 35.9 Å². The van der Waals surface area contributed by atoms with Gasteiger partial charge in [0.25, 0.3) is 0 Å². The van der Waals surface area contributed by atoms with E-state index >= 15 is 0 Å². The molecule has 3 rings (SSSR count). The van der Waals surface area contributed by atoms with E-state index < -0.39 is 5.41 Å². The average molecular weight is 386 g/mol. The van der Waals surface area contributed by atoms with Gasteiger partial charge in [0.15, 0.2) is 0 Å². The Morgan fingerprint density at radius 3 is 2.64 bits per heavy atom. The molecule has 2 fully saturated rings. The lowest BCUT2D eigenvalue weighted by Gasteiger charge is -2.39. The van der Waals surface area contributed by atoms with Crippen molar-refractivity contribution in [1.29, 1.82) is 0 Å². The first-order valence-electron chi connectivity index (χ1n) is 10.2. The van der Waals surface area contributed by atoms with Gasteiger partial charge in [0, 0.05) is 39.0 Å². The molecule has 6 heteroatoms. The Morgan fingerprint density at radius 2 is 1.89 bits per heavy atom. The molecule has 6 nitrogen and oxygen atoms in total. The van der Waals surface area contributed by atoms with E-state index in [4.69, 9.17) is 0 Å². The van der Waals surface area contributed by atoms with Gasteiger partial charge in [0.1, 0.15) is 0 Å². The smallest absolute Gasteiger partial charge is 0.305 e. The van der Waals surface area contributed by atoms with Crippen LogP contribution in [0.25, 0.3) is 0 Å².